The van der Waals surface area contributed by atoms with E-state index in [1.54, 1.807) is 0 Å². The molecule has 17 heavy (non-hydrogen) atoms. The number of rotatable bonds is 4. The normalized spacial score (nSPS) is 32.8. The van der Waals surface area contributed by atoms with Gasteiger partial charge >= 0.3 is 0 Å². The zero-order valence-electron chi connectivity index (χ0n) is 12.9. The summed E-state index contributed by atoms with van der Waals surface area (Å²) < 4.78 is 0. The van der Waals surface area contributed by atoms with Gasteiger partial charge < -0.3 is 10.2 Å². The van der Waals surface area contributed by atoms with Crippen molar-refractivity contribution >= 4 is 0 Å². The molecule has 102 valence electrons. The number of nitrogens with zero attached hydrogens (tertiary/aromatic N) is 1. The Morgan fingerprint density at radius 1 is 1.06 bits per heavy atom. The van der Waals surface area contributed by atoms with Gasteiger partial charge in [0.1, 0.15) is 0 Å². The molecule has 2 heteroatoms. The van der Waals surface area contributed by atoms with Gasteiger partial charge in [0.15, 0.2) is 0 Å². The lowest BCUT2D eigenvalue weighted by atomic mass is 9.69. The van der Waals surface area contributed by atoms with Gasteiger partial charge in [-0.05, 0) is 72.0 Å². The van der Waals surface area contributed by atoms with Crippen molar-refractivity contribution in [2.75, 3.05) is 21.1 Å². The van der Waals surface area contributed by atoms with Crippen LogP contribution in [0.25, 0.3) is 0 Å². The van der Waals surface area contributed by atoms with Crippen LogP contribution in [0.2, 0.25) is 0 Å². The number of hydrogen-bond donors (Lipinski definition) is 1. The van der Waals surface area contributed by atoms with Crippen molar-refractivity contribution in [2.24, 2.45) is 17.8 Å². The molecule has 0 saturated heterocycles. The van der Waals surface area contributed by atoms with E-state index in [0.717, 1.165) is 17.8 Å². The van der Waals surface area contributed by atoms with Crippen LogP contribution in [-0.4, -0.2) is 37.6 Å². The molecule has 0 amide bonds. The van der Waals surface area contributed by atoms with Crippen molar-refractivity contribution in [1.29, 1.82) is 0 Å². The zero-order valence-corrected chi connectivity index (χ0v) is 12.9. The standard InChI is InChI=1S/C15H32N2/c1-11-8-12(2)10-13(9-11)14(16-5)15(3,4)17(6)7/h11-14,16H,8-10H2,1-7H3. The predicted molar refractivity (Wildman–Crippen MR) is 76.3 cm³/mol. The molecule has 0 spiro atoms. The molecule has 3 atom stereocenters. The summed E-state index contributed by atoms with van der Waals surface area (Å²) in [5.74, 6) is 2.59. The van der Waals surface area contributed by atoms with Crippen molar-refractivity contribution < 1.29 is 0 Å². The maximum Gasteiger partial charge on any atom is 0.0302 e. The summed E-state index contributed by atoms with van der Waals surface area (Å²) in [6.07, 6.45) is 4.18. The molecule has 1 aliphatic rings. The van der Waals surface area contributed by atoms with Gasteiger partial charge in [-0.3, -0.25) is 0 Å². The van der Waals surface area contributed by atoms with Crippen molar-refractivity contribution in [2.45, 2.75) is 58.5 Å². The van der Waals surface area contributed by atoms with Gasteiger partial charge in [-0.15, -0.1) is 0 Å². The van der Waals surface area contributed by atoms with Crippen LogP contribution >= 0.6 is 0 Å². The summed E-state index contributed by atoms with van der Waals surface area (Å²) in [7, 11) is 6.51. The highest BCUT2D eigenvalue weighted by atomic mass is 15.2. The number of hydrogen-bond acceptors (Lipinski definition) is 2. The van der Waals surface area contributed by atoms with E-state index < -0.39 is 0 Å². The Morgan fingerprint density at radius 3 is 1.88 bits per heavy atom. The van der Waals surface area contributed by atoms with Crippen LogP contribution < -0.4 is 5.32 Å². The maximum atomic E-state index is 3.59. The monoisotopic (exact) mass is 240 g/mol. The largest absolute Gasteiger partial charge is 0.315 e. The molecule has 1 rings (SSSR count). The highest BCUT2D eigenvalue weighted by Crippen LogP contribution is 2.38. The molecule has 3 unspecified atom stereocenters. The molecule has 1 saturated carbocycles. The Hall–Kier alpha value is -0.0800. The highest BCUT2D eigenvalue weighted by molar-refractivity contribution is 4.96. The average Bonchev–Trinajstić information content (AvgIpc) is 2.16. The summed E-state index contributed by atoms with van der Waals surface area (Å²) in [5.41, 5.74) is 0.218. The van der Waals surface area contributed by atoms with E-state index in [1.807, 2.05) is 0 Å². The Kier molecular flexibility index (Phi) is 5.03. The highest BCUT2D eigenvalue weighted by Gasteiger charge is 2.39. The number of nitrogens with one attached hydrogen (secondary N) is 1. The molecule has 0 aromatic rings. The third-order valence-corrected chi connectivity index (χ3v) is 4.91. The molecule has 1 aliphatic carbocycles. The minimum absolute atomic E-state index is 0.218. The smallest absolute Gasteiger partial charge is 0.0302 e. The SMILES string of the molecule is CNC(C1CC(C)CC(C)C1)C(C)(C)N(C)C. The lowest BCUT2D eigenvalue weighted by Crippen LogP contribution is -2.58. The zero-order chi connectivity index (χ0) is 13.2. The fourth-order valence-electron chi connectivity index (χ4n) is 3.73. The van der Waals surface area contributed by atoms with Crippen LogP contribution in [0, 0.1) is 17.8 Å². The second kappa shape index (κ2) is 5.71. The summed E-state index contributed by atoms with van der Waals surface area (Å²) in [4.78, 5) is 2.36. The van der Waals surface area contributed by atoms with Gasteiger partial charge in [0, 0.05) is 11.6 Å². The first-order valence-corrected chi connectivity index (χ1v) is 7.13. The van der Waals surface area contributed by atoms with Crippen molar-refractivity contribution in [3.05, 3.63) is 0 Å². The second-order valence-corrected chi connectivity index (χ2v) is 6.99. The van der Waals surface area contributed by atoms with Crippen LogP contribution in [0.1, 0.15) is 47.0 Å². The molecule has 2 nitrogen and oxygen atoms in total. The van der Waals surface area contributed by atoms with Crippen LogP contribution in [-0.2, 0) is 0 Å². The van der Waals surface area contributed by atoms with Gasteiger partial charge in [-0.25, -0.2) is 0 Å². The van der Waals surface area contributed by atoms with E-state index in [0.29, 0.717) is 6.04 Å². The molecular weight excluding hydrogens is 208 g/mol. The third-order valence-electron chi connectivity index (χ3n) is 4.91. The first kappa shape index (κ1) is 15.0. The fraction of sp³-hybridized carbons (Fsp3) is 1.00. The Bertz CT molecular complexity index is 225. The molecule has 1 fully saturated rings. The average molecular weight is 240 g/mol. The molecule has 0 aromatic heterocycles. The van der Waals surface area contributed by atoms with Crippen LogP contribution in [0.5, 0.6) is 0 Å². The van der Waals surface area contributed by atoms with Crippen molar-refractivity contribution in [1.82, 2.24) is 10.2 Å². The maximum absolute atomic E-state index is 3.59. The minimum atomic E-state index is 0.218. The van der Waals surface area contributed by atoms with Gasteiger partial charge in [0.2, 0.25) is 0 Å². The first-order chi connectivity index (χ1) is 7.78. The molecule has 0 aliphatic heterocycles. The van der Waals surface area contributed by atoms with E-state index in [-0.39, 0.29) is 5.54 Å². The molecule has 0 bridgehead atoms. The molecule has 0 aromatic carbocycles. The van der Waals surface area contributed by atoms with E-state index in [4.69, 9.17) is 0 Å². The van der Waals surface area contributed by atoms with Crippen LogP contribution in [0.3, 0.4) is 0 Å². The van der Waals surface area contributed by atoms with Crippen molar-refractivity contribution in [3.8, 4) is 0 Å². The third kappa shape index (κ3) is 3.45. The summed E-state index contributed by atoms with van der Waals surface area (Å²) in [6.45, 7) is 9.55. The molecule has 0 heterocycles. The van der Waals surface area contributed by atoms with E-state index in [1.165, 1.54) is 19.3 Å². The summed E-state index contributed by atoms with van der Waals surface area (Å²) in [6, 6.07) is 0.586. The van der Waals surface area contributed by atoms with E-state index in [2.05, 4.69) is 59.1 Å². The molecule has 1 N–H and O–H groups in total. The van der Waals surface area contributed by atoms with Gasteiger partial charge in [-0.2, -0.15) is 0 Å². The summed E-state index contributed by atoms with van der Waals surface area (Å²) >= 11 is 0. The Balaban J connectivity index is 2.79. The topological polar surface area (TPSA) is 15.3 Å². The lowest BCUT2D eigenvalue weighted by molar-refractivity contribution is 0.0700. The lowest BCUT2D eigenvalue weighted by Gasteiger charge is -2.47. The Labute approximate surface area is 108 Å². The van der Waals surface area contributed by atoms with Gasteiger partial charge in [0.05, 0.1) is 0 Å². The van der Waals surface area contributed by atoms with Crippen LogP contribution in [0.4, 0.5) is 0 Å². The fourth-order valence-corrected chi connectivity index (χ4v) is 3.73. The van der Waals surface area contributed by atoms with E-state index >= 15 is 0 Å². The first-order valence-electron chi connectivity index (χ1n) is 7.13. The van der Waals surface area contributed by atoms with Gasteiger partial charge in [0.25, 0.3) is 0 Å². The quantitative estimate of drug-likeness (QED) is 0.813. The predicted octanol–water partition coefficient (Wildman–Crippen LogP) is 2.99. The number of likely N-dealkylation sites (N-methyl/N-ethyl adjacent to an activating group) is 2. The van der Waals surface area contributed by atoms with Crippen LogP contribution in [0.15, 0.2) is 0 Å². The summed E-state index contributed by atoms with van der Waals surface area (Å²) in [5, 5.41) is 3.59. The molecule has 0 radical (unpaired) electrons. The van der Waals surface area contributed by atoms with Gasteiger partial charge in [-0.1, -0.05) is 13.8 Å². The van der Waals surface area contributed by atoms with E-state index in [9.17, 15) is 0 Å². The Morgan fingerprint density at radius 2 is 1.53 bits per heavy atom. The minimum Gasteiger partial charge on any atom is -0.315 e. The second-order valence-electron chi connectivity index (χ2n) is 6.99. The van der Waals surface area contributed by atoms with Crippen molar-refractivity contribution in [3.63, 3.8) is 0 Å². The molecular formula is C15H32N2.